The Balaban J connectivity index is 1.34. The molecule has 1 aromatic carbocycles. The molecule has 1 aliphatic carbocycles. The first-order valence-electron chi connectivity index (χ1n) is 11.5. The molecule has 0 bridgehead atoms. The maximum atomic E-state index is 13.0. The Kier molecular flexibility index (Phi) is 7.64. The van der Waals surface area contributed by atoms with E-state index in [0.29, 0.717) is 12.8 Å². The van der Waals surface area contributed by atoms with Crippen molar-refractivity contribution in [3.05, 3.63) is 51.0 Å². The van der Waals surface area contributed by atoms with E-state index >= 15 is 0 Å². The van der Waals surface area contributed by atoms with Crippen molar-refractivity contribution in [3.63, 3.8) is 0 Å². The molecule has 2 heterocycles. The largest absolute Gasteiger partial charge is 0.379 e. The van der Waals surface area contributed by atoms with Gasteiger partial charge in [-0.25, -0.2) is 4.98 Å². The number of Topliss-reactive ketones (excluding diaryl/α,β-unsaturated/α-hetero) is 2. The fourth-order valence-electron chi connectivity index (χ4n) is 4.57. The monoisotopic (exact) mass is 440 g/mol. The lowest BCUT2D eigenvalue weighted by Gasteiger charge is -2.26. The summed E-state index contributed by atoms with van der Waals surface area (Å²) in [7, 11) is 0. The van der Waals surface area contributed by atoms with Crippen molar-refractivity contribution >= 4 is 22.9 Å². The average molecular weight is 441 g/mol. The van der Waals surface area contributed by atoms with Gasteiger partial charge in [-0.05, 0) is 31.4 Å². The number of aryl methyl sites for hydroxylation is 1. The van der Waals surface area contributed by atoms with Gasteiger partial charge >= 0.3 is 0 Å². The molecular weight excluding hydrogens is 408 g/mol. The highest BCUT2D eigenvalue weighted by Gasteiger charge is 2.26. The molecule has 0 atom stereocenters. The molecule has 1 saturated heterocycles. The Bertz CT molecular complexity index is 911. The van der Waals surface area contributed by atoms with Gasteiger partial charge in [0.25, 0.3) is 0 Å². The standard InChI is InChI=1S/C25H32N2O3S/c1-18-6-7-20(23(14-18)25(29)19-4-2-3-5-19)15-22(28)16-24-26-21(17-31-24)8-9-27-10-12-30-13-11-27/h6-7,14,17,19H,2-5,8-13,15-16H2,1H3. The van der Waals surface area contributed by atoms with Crippen LogP contribution in [-0.4, -0.2) is 54.3 Å². The van der Waals surface area contributed by atoms with Gasteiger partial charge in [-0.3, -0.25) is 14.5 Å². The SMILES string of the molecule is Cc1ccc(CC(=O)Cc2nc(CCN3CCOCC3)cs2)c(C(=O)C2CCCC2)c1. The summed E-state index contributed by atoms with van der Waals surface area (Å²) >= 11 is 1.57. The first-order valence-corrected chi connectivity index (χ1v) is 12.4. The second-order valence-corrected chi connectivity index (χ2v) is 9.78. The van der Waals surface area contributed by atoms with Crippen molar-refractivity contribution < 1.29 is 14.3 Å². The Morgan fingerprint density at radius 1 is 1.16 bits per heavy atom. The zero-order valence-electron chi connectivity index (χ0n) is 18.4. The number of ketones is 2. The third-order valence-electron chi connectivity index (χ3n) is 6.38. The van der Waals surface area contributed by atoms with Gasteiger partial charge in [0.15, 0.2) is 5.78 Å². The lowest BCUT2D eigenvalue weighted by molar-refractivity contribution is -0.117. The van der Waals surface area contributed by atoms with Gasteiger partial charge in [0, 0.05) is 49.3 Å². The van der Waals surface area contributed by atoms with E-state index in [1.807, 2.05) is 25.1 Å². The summed E-state index contributed by atoms with van der Waals surface area (Å²) < 4.78 is 5.39. The van der Waals surface area contributed by atoms with Crippen LogP contribution in [0.5, 0.6) is 0 Å². The van der Waals surface area contributed by atoms with Crippen molar-refractivity contribution in [2.45, 2.75) is 51.9 Å². The van der Waals surface area contributed by atoms with E-state index in [-0.39, 0.29) is 17.5 Å². The number of aromatic nitrogens is 1. The van der Waals surface area contributed by atoms with Crippen molar-refractivity contribution in [2.24, 2.45) is 5.92 Å². The number of carbonyl (C=O) groups excluding carboxylic acids is 2. The highest BCUT2D eigenvalue weighted by Crippen LogP contribution is 2.29. The van der Waals surface area contributed by atoms with Gasteiger partial charge in [-0.2, -0.15) is 0 Å². The number of carbonyl (C=O) groups is 2. The molecule has 0 unspecified atom stereocenters. The van der Waals surface area contributed by atoms with Crippen molar-refractivity contribution in [2.75, 3.05) is 32.8 Å². The molecule has 0 spiro atoms. The first-order chi connectivity index (χ1) is 15.1. The fourth-order valence-corrected chi connectivity index (χ4v) is 5.42. The summed E-state index contributed by atoms with van der Waals surface area (Å²) in [4.78, 5) is 32.9. The maximum Gasteiger partial charge on any atom is 0.166 e. The molecule has 1 saturated carbocycles. The lowest BCUT2D eigenvalue weighted by Crippen LogP contribution is -2.37. The van der Waals surface area contributed by atoms with Crippen molar-refractivity contribution in [3.8, 4) is 0 Å². The molecule has 2 aromatic rings. The van der Waals surface area contributed by atoms with E-state index in [0.717, 1.165) is 92.3 Å². The highest BCUT2D eigenvalue weighted by atomic mass is 32.1. The number of benzene rings is 1. The summed E-state index contributed by atoms with van der Waals surface area (Å²) in [5.74, 6) is 0.477. The smallest absolute Gasteiger partial charge is 0.166 e. The predicted octanol–water partition coefficient (Wildman–Crippen LogP) is 4.05. The second-order valence-electron chi connectivity index (χ2n) is 8.84. The molecule has 4 rings (SSSR count). The van der Waals surface area contributed by atoms with E-state index in [1.165, 1.54) is 0 Å². The average Bonchev–Trinajstić information content (AvgIpc) is 3.46. The van der Waals surface area contributed by atoms with Crippen LogP contribution in [-0.2, 0) is 28.8 Å². The van der Waals surface area contributed by atoms with Crippen LogP contribution in [0.25, 0.3) is 0 Å². The topological polar surface area (TPSA) is 59.5 Å². The molecule has 166 valence electrons. The lowest BCUT2D eigenvalue weighted by atomic mass is 9.90. The summed E-state index contributed by atoms with van der Waals surface area (Å²) in [6.45, 7) is 6.56. The maximum absolute atomic E-state index is 13.0. The van der Waals surface area contributed by atoms with Crippen LogP contribution >= 0.6 is 11.3 Å². The molecule has 2 fully saturated rings. The number of thiazole rings is 1. The molecule has 2 aliphatic rings. The Morgan fingerprint density at radius 2 is 1.94 bits per heavy atom. The summed E-state index contributed by atoms with van der Waals surface area (Å²) in [5.41, 5.74) is 3.76. The molecule has 0 radical (unpaired) electrons. The number of nitrogens with zero attached hydrogens (tertiary/aromatic N) is 2. The van der Waals surface area contributed by atoms with Crippen LogP contribution in [0.4, 0.5) is 0 Å². The summed E-state index contributed by atoms with van der Waals surface area (Å²) in [6.07, 6.45) is 5.77. The molecule has 0 amide bonds. The van der Waals surface area contributed by atoms with Crippen LogP contribution < -0.4 is 0 Å². The zero-order chi connectivity index (χ0) is 21.6. The Labute approximate surface area is 188 Å². The number of hydrogen-bond acceptors (Lipinski definition) is 6. The van der Waals surface area contributed by atoms with Gasteiger partial charge < -0.3 is 4.74 Å². The number of hydrogen-bond donors (Lipinski definition) is 0. The summed E-state index contributed by atoms with van der Waals surface area (Å²) in [5, 5.41) is 2.95. The molecule has 0 N–H and O–H groups in total. The molecule has 1 aliphatic heterocycles. The van der Waals surface area contributed by atoms with Crippen LogP contribution in [0.1, 0.15) is 57.9 Å². The predicted molar refractivity (Wildman–Crippen MR) is 123 cm³/mol. The van der Waals surface area contributed by atoms with E-state index in [2.05, 4.69) is 15.3 Å². The van der Waals surface area contributed by atoms with Gasteiger partial charge in [0.1, 0.15) is 10.8 Å². The number of ether oxygens (including phenoxy) is 1. The summed E-state index contributed by atoms with van der Waals surface area (Å²) in [6, 6.07) is 5.93. The van der Waals surface area contributed by atoms with Gasteiger partial charge in [-0.1, -0.05) is 30.5 Å². The van der Waals surface area contributed by atoms with Gasteiger partial charge in [-0.15, -0.1) is 11.3 Å². The third kappa shape index (κ3) is 6.09. The Hall–Kier alpha value is -1.89. The van der Waals surface area contributed by atoms with Gasteiger partial charge in [0.2, 0.25) is 0 Å². The van der Waals surface area contributed by atoms with Crippen LogP contribution in [0.3, 0.4) is 0 Å². The van der Waals surface area contributed by atoms with E-state index in [9.17, 15) is 9.59 Å². The van der Waals surface area contributed by atoms with Crippen LogP contribution in [0.15, 0.2) is 23.6 Å². The highest BCUT2D eigenvalue weighted by molar-refractivity contribution is 7.09. The molecular formula is C25H32N2O3S. The number of rotatable bonds is 9. The zero-order valence-corrected chi connectivity index (χ0v) is 19.2. The minimum atomic E-state index is 0.124. The first kappa shape index (κ1) is 22.3. The second kappa shape index (κ2) is 10.6. The number of morpholine rings is 1. The van der Waals surface area contributed by atoms with Gasteiger partial charge in [0.05, 0.1) is 25.3 Å². The third-order valence-corrected chi connectivity index (χ3v) is 7.28. The normalized spacial score (nSPS) is 17.8. The van der Waals surface area contributed by atoms with Crippen molar-refractivity contribution in [1.29, 1.82) is 0 Å². The molecule has 6 heteroatoms. The van der Waals surface area contributed by atoms with Crippen LogP contribution in [0, 0.1) is 12.8 Å². The van der Waals surface area contributed by atoms with E-state index < -0.39 is 0 Å². The van der Waals surface area contributed by atoms with Crippen LogP contribution in [0.2, 0.25) is 0 Å². The molecule has 31 heavy (non-hydrogen) atoms. The fraction of sp³-hybridized carbons (Fsp3) is 0.560. The van der Waals surface area contributed by atoms with Crippen molar-refractivity contribution in [1.82, 2.24) is 9.88 Å². The van der Waals surface area contributed by atoms with E-state index in [4.69, 9.17) is 4.74 Å². The van der Waals surface area contributed by atoms with E-state index in [1.54, 1.807) is 11.3 Å². The quantitative estimate of drug-likeness (QED) is 0.551. The molecule has 1 aromatic heterocycles. The minimum Gasteiger partial charge on any atom is -0.379 e. The Morgan fingerprint density at radius 3 is 2.71 bits per heavy atom. The molecule has 5 nitrogen and oxygen atoms in total. The minimum absolute atomic E-state index is 0.124.